The molecule has 1 saturated carbocycles. The van der Waals surface area contributed by atoms with Crippen LogP contribution in [-0.2, 0) is 0 Å². The highest BCUT2D eigenvalue weighted by Crippen LogP contribution is 2.46. The van der Waals surface area contributed by atoms with Crippen LogP contribution in [0.15, 0.2) is 12.1 Å². The summed E-state index contributed by atoms with van der Waals surface area (Å²) in [6.45, 7) is 9.34. The Kier molecular flexibility index (Phi) is 2.97. The summed E-state index contributed by atoms with van der Waals surface area (Å²) >= 11 is 0. The first kappa shape index (κ1) is 12.2. The summed E-state index contributed by atoms with van der Waals surface area (Å²) < 4.78 is 0. The van der Waals surface area contributed by atoms with E-state index >= 15 is 0 Å². The van der Waals surface area contributed by atoms with Gasteiger partial charge in [-0.2, -0.15) is 0 Å². The van der Waals surface area contributed by atoms with Gasteiger partial charge in [-0.25, -0.2) is 0 Å². The Hall–Kier alpha value is -0.820. The smallest absolute Gasteiger partial charge is 0.00202 e. The fourth-order valence-corrected chi connectivity index (χ4v) is 4.19. The van der Waals surface area contributed by atoms with Crippen LogP contribution in [0.5, 0.6) is 0 Å². The monoisotopic (exact) mass is 243 g/mol. The molecule has 3 rings (SSSR count). The summed E-state index contributed by atoms with van der Waals surface area (Å²) in [5, 5.41) is 3.46. The van der Waals surface area contributed by atoms with Gasteiger partial charge in [0.25, 0.3) is 0 Å². The lowest BCUT2D eigenvalue weighted by Crippen LogP contribution is -2.54. The lowest BCUT2D eigenvalue weighted by Gasteiger charge is -2.47. The van der Waals surface area contributed by atoms with E-state index in [4.69, 9.17) is 0 Å². The summed E-state index contributed by atoms with van der Waals surface area (Å²) in [6, 6.07) is 4.72. The first-order chi connectivity index (χ1) is 8.60. The van der Waals surface area contributed by atoms with E-state index in [0.29, 0.717) is 5.41 Å². The maximum Gasteiger partial charge on any atom is 0.00202 e. The molecule has 98 valence electrons. The molecule has 1 spiro atoms. The van der Waals surface area contributed by atoms with Crippen LogP contribution < -0.4 is 5.32 Å². The van der Waals surface area contributed by atoms with Crippen LogP contribution >= 0.6 is 0 Å². The van der Waals surface area contributed by atoms with Crippen molar-refractivity contribution in [1.82, 2.24) is 5.32 Å². The molecule has 1 aliphatic carbocycles. The van der Waals surface area contributed by atoms with Crippen molar-refractivity contribution in [3.8, 4) is 0 Å². The van der Waals surface area contributed by atoms with Gasteiger partial charge >= 0.3 is 0 Å². The van der Waals surface area contributed by atoms with Crippen LogP contribution in [0.25, 0.3) is 0 Å². The van der Waals surface area contributed by atoms with Crippen molar-refractivity contribution >= 4 is 0 Å². The SMILES string of the molecule is Cc1cc(C)c(C2CCC3(CC2)CNC3)c(C)c1. The molecule has 2 aliphatic rings. The van der Waals surface area contributed by atoms with Gasteiger partial charge in [0, 0.05) is 13.1 Å². The molecule has 1 aromatic rings. The van der Waals surface area contributed by atoms with Gasteiger partial charge < -0.3 is 5.32 Å². The Balaban J connectivity index is 1.80. The maximum atomic E-state index is 3.46. The quantitative estimate of drug-likeness (QED) is 0.790. The van der Waals surface area contributed by atoms with Gasteiger partial charge in [0.1, 0.15) is 0 Å². The molecule has 1 N–H and O–H groups in total. The normalized spacial score (nSPS) is 23.1. The molecule has 1 saturated heterocycles. The third kappa shape index (κ3) is 1.99. The minimum atomic E-state index is 0.684. The highest BCUT2D eigenvalue weighted by atomic mass is 15.0. The van der Waals surface area contributed by atoms with Crippen molar-refractivity contribution in [3.05, 3.63) is 34.4 Å². The second-order valence-corrected chi connectivity index (χ2v) is 6.69. The van der Waals surface area contributed by atoms with Gasteiger partial charge in [-0.15, -0.1) is 0 Å². The average Bonchev–Trinajstić information content (AvgIpc) is 2.26. The highest BCUT2D eigenvalue weighted by molar-refractivity contribution is 5.40. The molecule has 0 bridgehead atoms. The molecule has 0 amide bonds. The van der Waals surface area contributed by atoms with E-state index in [2.05, 4.69) is 38.2 Å². The molecule has 0 radical (unpaired) electrons. The molecule has 0 atom stereocenters. The number of hydrogen-bond donors (Lipinski definition) is 1. The zero-order valence-corrected chi connectivity index (χ0v) is 12.0. The van der Waals surface area contributed by atoms with E-state index in [1.165, 1.54) is 55.5 Å². The highest BCUT2D eigenvalue weighted by Gasteiger charge is 2.40. The molecule has 1 heteroatoms. The Morgan fingerprint density at radius 2 is 1.56 bits per heavy atom. The van der Waals surface area contributed by atoms with E-state index in [-0.39, 0.29) is 0 Å². The van der Waals surface area contributed by atoms with Gasteiger partial charge in [0.05, 0.1) is 0 Å². The Morgan fingerprint density at radius 3 is 2.00 bits per heavy atom. The van der Waals surface area contributed by atoms with Gasteiger partial charge in [-0.05, 0) is 74.5 Å². The van der Waals surface area contributed by atoms with Gasteiger partial charge in [0.2, 0.25) is 0 Å². The van der Waals surface area contributed by atoms with Crippen molar-refractivity contribution in [3.63, 3.8) is 0 Å². The van der Waals surface area contributed by atoms with E-state index in [9.17, 15) is 0 Å². The minimum absolute atomic E-state index is 0.684. The Morgan fingerprint density at radius 1 is 1.00 bits per heavy atom. The standard InChI is InChI=1S/C17H25N/c1-12-8-13(2)16(14(3)9-12)15-4-6-17(7-5-15)10-18-11-17/h8-9,15,18H,4-7,10-11H2,1-3H3. The number of hydrogen-bond acceptors (Lipinski definition) is 1. The van der Waals surface area contributed by atoms with Crippen molar-refractivity contribution < 1.29 is 0 Å². The largest absolute Gasteiger partial charge is 0.316 e. The summed E-state index contributed by atoms with van der Waals surface area (Å²) in [7, 11) is 0. The number of nitrogens with one attached hydrogen (secondary N) is 1. The van der Waals surface area contributed by atoms with Gasteiger partial charge in [-0.1, -0.05) is 17.7 Å². The van der Waals surface area contributed by atoms with Crippen LogP contribution in [0.2, 0.25) is 0 Å². The van der Waals surface area contributed by atoms with Gasteiger partial charge in [-0.3, -0.25) is 0 Å². The molecular weight excluding hydrogens is 218 g/mol. The molecule has 2 fully saturated rings. The predicted octanol–water partition coefficient (Wildman–Crippen LogP) is 3.86. The minimum Gasteiger partial charge on any atom is -0.316 e. The Labute approximate surface area is 111 Å². The zero-order chi connectivity index (χ0) is 12.8. The van der Waals surface area contributed by atoms with Crippen LogP contribution in [-0.4, -0.2) is 13.1 Å². The van der Waals surface area contributed by atoms with Crippen LogP contribution in [0, 0.1) is 26.2 Å². The second-order valence-electron chi connectivity index (χ2n) is 6.69. The van der Waals surface area contributed by atoms with Crippen LogP contribution in [0.1, 0.15) is 53.9 Å². The lowest BCUT2D eigenvalue weighted by atomic mass is 9.65. The van der Waals surface area contributed by atoms with Crippen LogP contribution in [0.3, 0.4) is 0 Å². The zero-order valence-electron chi connectivity index (χ0n) is 12.0. The fourth-order valence-electron chi connectivity index (χ4n) is 4.19. The van der Waals surface area contributed by atoms with Crippen molar-refractivity contribution in [1.29, 1.82) is 0 Å². The molecule has 1 nitrogen and oxygen atoms in total. The third-order valence-electron chi connectivity index (χ3n) is 5.19. The summed E-state index contributed by atoms with van der Waals surface area (Å²) in [4.78, 5) is 0. The average molecular weight is 243 g/mol. The first-order valence-corrected chi connectivity index (χ1v) is 7.38. The summed E-state index contributed by atoms with van der Waals surface area (Å²) in [5.41, 5.74) is 6.77. The van der Waals surface area contributed by atoms with E-state index in [1.807, 2.05) is 0 Å². The molecule has 1 heterocycles. The van der Waals surface area contributed by atoms with Gasteiger partial charge in [0.15, 0.2) is 0 Å². The van der Waals surface area contributed by atoms with Crippen molar-refractivity contribution in [2.45, 2.75) is 52.4 Å². The predicted molar refractivity (Wildman–Crippen MR) is 77.2 cm³/mol. The topological polar surface area (TPSA) is 12.0 Å². The summed E-state index contributed by atoms with van der Waals surface area (Å²) in [5.74, 6) is 0.817. The molecular formula is C17H25N. The first-order valence-electron chi connectivity index (χ1n) is 7.38. The second kappa shape index (κ2) is 4.38. The summed E-state index contributed by atoms with van der Waals surface area (Å²) in [6.07, 6.45) is 5.65. The van der Waals surface area contributed by atoms with Crippen molar-refractivity contribution in [2.75, 3.05) is 13.1 Å². The van der Waals surface area contributed by atoms with Crippen LogP contribution in [0.4, 0.5) is 0 Å². The van der Waals surface area contributed by atoms with Crippen molar-refractivity contribution in [2.24, 2.45) is 5.41 Å². The van der Waals surface area contributed by atoms with E-state index < -0.39 is 0 Å². The molecule has 18 heavy (non-hydrogen) atoms. The molecule has 1 aromatic carbocycles. The Bertz CT molecular complexity index is 424. The molecule has 0 unspecified atom stereocenters. The fraction of sp³-hybridized carbons (Fsp3) is 0.647. The molecule has 0 aromatic heterocycles. The third-order valence-corrected chi connectivity index (χ3v) is 5.19. The van der Waals surface area contributed by atoms with E-state index in [0.717, 1.165) is 5.92 Å². The van der Waals surface area contributed by atoms with E-state index in [1.54, 1.807) is 5.56 Å². The number of rotatable bonds is 1. The molecule has 1 aliphatic heterocycles. The number of benzene rings is 1. The maximum absolute atomic E-state index is 3.46. The number of aryl methyl sites for hydroxylation is 3. The lowest BCUT2D eigenvalue weighted by molar-refractivity contribution is 0.0973.